The number of halogens is 2. The van der Waals surface area contributed by atoms with Gasteiger partial charge in [0, 0.05) is 26.2 Å². The summed E-state index contributed by atoms with van der Waals surface area (Å²) in [5.74, 6) is 0.892. The van der Waals surface area contributed by atoms with Gasteiger partial charge in [0.15, 0.2) is 0 Å². The third-order valence-corrected chi connectivity index (χ3v) is 5.58. The highest BCUT2D eigenvalue weighted by molar-refractivity contribution is 5.78. The zero-order chi connectivity index (χ0) is 20.5. The lowest BCUT2D eigenvalue weighted by atomic mass is 9.96. The summed E-state index contributed by atoms with van der Waals surface area (Å²) in [6.07, 6.45) is 2.93. The van der Waals surface area contributed by atoms with Gasteiger partial charge in [0.25, 0.3) is 0 Å². The molecule has 162 valence electrons. The van der Waals surface area contributed by atoms with Crippen LogP contribution in [0.4, 0.5) is 8.78 Å². The van der Waals surface area contributed by atoms with E-state index >= 15 is 0 Å². The third kappa shape index (κ3) is 7.87. The maximum atomic E-state index is 12.2. The highest BCUT2D eigenvalue weighted by atomic mass is 19.3. The number of ether oxygens (including phenoxy) is 2. The molecule has 3 rings (SSSR count). The van der Waals surface area contributed by atoms with E-state index in [9.17, 15) is 13.6 Å². The number of nitrogens with zero attached hydrogens (tertiary/aromatic N) is 2. The molecule has 29 heavy (non-hydrogen) atoms. The molecule has 2 heterocycles. The molecule has 1 N–H and O–H groups in total. The monoisotopic (exact) mass is 411 g/mol. The summed E-state index contributed by atoms with van der Waals surface area (Å²) in [7, 11) is 0. The zero-order valence-electron chi connectivity index (χ0n) is 16.8. The van der Waals surface area contributed by atoms with Crippen LogP contribution < -0.4 is 10.1 Å². The SMILES string of the molecule is O=C(CN1CCC(CN2CCOCC2)CC1)NCCc1ccc(OC(F)F)cc1. The fourth-order valence-electron chi connectivity index (χ4n) is 3.92. The van der Waals surface area contributed by atoms with Gasteiger partial charge in [-0.1, -0.05) is 12.1 Å². The lowest BCUT2D eigenvalue weighted by molar-refractivity contribution is -0.122. The van der Waals surface area contributed by atoms with Crippen LogP contribution in [0.3, 0.4) is 0 Å². The Kier molecular flexibility index (Phi) is 8.64. The van der Waals surface area contributed by atoms with Crippen LogP contribution in [0, 0.1) is 5.92 Å². The predicted molar refractivity (Wildman–Crippen MR) is 106 cm³/mol. The molecule has 0 atom stereocenters. The second kappa shape index (κ2) is 11.4. The molecule has 0 bridgehead atoms. The van der Waals surface area contributed by atoms with Crippen molar-refractivity contribution in [2.45, 2.75) is 25.9 Å². The Bertz CT molecular complexity index is 616. The van der Waals surface area contributed by atoms with E-state index in [2.05, 4.69) is 19.9 Å². The molecule has 0 aliphatic carbocycles. The standard InChI is InChI=1S/C21H31F2N3O3/c22-21(23)29-19-3-1-17(2-4-19)5-8-24-20(27)16-25-9-6-18(7-10-25)15-26-11-13-28-14-12-26/h1-4,18,21H,5-16H2,(H,24,27). The van der Waals surface area contributed by atoms with Crippen LogP contribution in [0.5, 0.6) is 5.75 Å². The predicted octanol–water partition coefficient (Wildman–Crippen LogP) is 1.99. The smallest absolute Gasteiger partial charge is 0.387 e. The number of hydrogen-bond acceptors (Lipinski definition) is 5. The number of hydrogen-bond donors (Lipinski definition) is 1. The summed E-state index contributed by atoms with van der Waals surface area (Å²) < 4.78 is 34.0. The second-order valence-corrected chi connectivity index (χ2v) is 7.75. The third-order valence-electron chi connectivity index (χ3n) is 5.58. The van der Waals surface area contributed by atoms with Crippen molar-refractivity contribution in [3.05, 3.63) is 29.8 Å². The van der Waals surface area contributed by atoms with Gasteiger partial charge >= 0.3 is 6.61 Å². The molecule has 8 heteroatoms. The van der Waals surface area contributed by atoms with Crippen LogP contribution in [0.25, 0.3) is 0 Å². The van der Waals surface area contributed by atoms with Crippen molar-refractivity contribution < 1.29 is 23.0 Å². The van der Waals surface area contributed by atoms with Crippen LogP contribution in [0.15, 0.2) is 24.3 Å². The number of alkyl halides is 2. The van der Waals surface area contributed by atoms with Crippen LogP contribution in [0.2, 0.25) is 0 Å². The topological polar surface area (TPSA) is 54.0 Å². The van der Waals surface area contributed by atoms with Crippen molar-refractivity contribution in [2.24, 2.45) is 5.92 Å². The average molecular weight is 411 g/mol. The molecule has 0 saturated carbocycles. The van der Waals surface area contributed by atoms with Gasteiger partial charge in [-0.15, -0.1) is 0 Å². The van der Waals surface area contributed by atoms with E-state index < -0.39 is 6.61 Å². The minimum absolute atomic E-state index is 0.0364. The molecule has 1 amide bonds. The lowest BCUT2D eigenvalue weighted by Crippen LogP contribution is -2.45. The van der Waals surface area contributed by atoms with E-state index in [-0.39, 0.29) is 11.7 Å². The Morgan fingerprint density at radius 1 is 1.10 bits per heavy atom. The Hall–Kier alpha value is -1.77. The molecule has 0 aromatic heterocycles. The minimum atomic E-state index is -2.82. The summed E-state index contributed by atoms with van der Waals surface area (Å²) in [5.41, 5.74) is 0.968. The van der Waals surface area contributed by atoms with Gasteiger partial charge in [-0.25, -0.2) is 0 Å². The number of benzene rings is 1. The Labute approximate surface area is 171 Å². The zero-order valence-corrected chi connectivity index (χ0v) is 16.8. The molecule has 2 fully saturated rings. The van der Waals surface area contributed by atoms with Crippen molar-refractivity contribution >= 4 is 5.91 Å². The summed E-state index contributed by atoms with van der Waals surface area (Å²) in [5, 5.41) is 2.95. The first kappa shape index (κ1) is 21.9. The van der Waals surface area contributed by atoms with E-state index in [4.69, 9.17) is 4.74 Å². The molecule has 1 aromatic carbocycles. The van der Waals surface area contributed by atoms with Crippen molar-refractivity contribution in [1.29, 1.82) is 0 Å². The summed E-state index contributed by atoms with van der Waals surface area (Å²) in [4.78, 5) is 16.9. The lowest BCUT2D eigenvalue weighted by Gasteiger charge is -2.35. The van der Waals surface area contributed by atoms with Crippen LogP contribution >= 0.6 is 0 Å². The quantitative estimate of drug-likeness (QED) is 0.674. The van der Waals surface area contributed by atoms with Gasteiger partial charge in [-0.3, -0.25) is 14.6 Å². The van der Waals surface area contributed by atoms with Gasteiger partial charge < -0.3 is 14.8 Å². The number of carbonyl (C=O) groups excluding carboxylic acids is 1. The number of amides is 1. The highest BCUT2D eigenvalue weighted by Crippen LogP contribution is 2.19. The van der Waals surface area contributed by atoms with Crippen LogP contribution in [-0.4, -0.2) is 81.3 Å². The molecule has 2 saturated heterocycles. The molecule has 1 aromatic rings. The van der Waals surface area contributed by atoms with Gasteiger partial charge in [-0.05, 0) is 56.0 Å². The molecule has 0 radical (unpaired) electrons. The minimum Gasteiger partial charge on any atom is -0.435 e. The number of rotatable bonds is 9. The summed E-state index contributed by atoms with van der Waals surface area (Å²) in [6, 6.07) is 6.51. The van der Waals surface area contributed by atoms with E-state index in [0.717, 1.165) is 64.3 Å². The molecule has 0 unspecified atom stereocenters. The first-order chi connectivity index (χ1) is 14.1. The van der Waals surface area contributed by atoms with E-state index in [1.165, 1.54) is 12.1 Å². The van der Waals surface area contributed by atoms with Crippen molar-refractivity contribution in [2.75, 3.05) is 59.0 Å². The number of piperidine rings is 1. The first-order valence-electron chi connectivity index (χ1n) is 10.4. The van der Waals surface area contributed by atoms with Crippen molar-refractivity contribution in [1.82, 2.24) is 15.1 Å². The van der Waals surface area contributed by atoms with Crippen molar-refractivity contribution in [3.63, 3.8) is 0 Å². The fraction of sp³-hybridized carbons (Fsp3) is 0.667. The molecule has 0 spiro atoms. The van der Waals surface area contributed by atoms with Gasteiger partial charge in [-0.2, -0.15) is 8.78 Å². The average Bonchev–Trinajstić information content (AvgIpc) is 2.71. The van der Waals surface area contributed by atoms with Crippen molar-refractivity contribution in [3.8, 4) is 5.75 Å². The van der Waals surface area contributed by atoms with Gasteiger partial charge in [0.1, 0.15) is 5.75 Å². The Morgan fingerprint density at radius 3 is 2.45 bits per heavy atom. The summed E-state index contributed by atoms with van der Waals surface area (Å²) in [6.45, 7) is 4.97. The largest absolute Gasteiger partial charge is 0.435 e. The highest BCUT2D eigenvalue weighted by Gasteiger charge is 2.23. The molecule has 6 nitrogen and oxygen atoms in total. The van der Waals surface area contributed by atoms with Gasteiger partial charge in [0.2, 0.25) is 5.91 Å². The fourth-order valence-corrected chi connectivity index (χ4v) is 3.92. The molecular weight excluding hydrogens is 380 g/mol. The number of carbonyl (C=O) groups is 1. The Morgan fingerprint density at radius 2 is 1.79 bits per heavy atom. The number of morpholine rings is 1. The normalized spacial score (nSPS) is 19.4. The molecule has 2 aliphatic rings. The van der Waals surface area contributed by atoms with Crippen LogP contribution in [0.1, 0.15) is 18.4 Å². The van der Waals surface area contributed by atoms with Crippen LogP contribution in [-0.2, 0) is 16.0 Å². The molecule has 2 aliphatic heterocycles. The first-order valence-corrected chi connectivity index (χ1v) is 10.4. The Balaban J connectivity index is 1.28. The maximum Gasteiger partial charge on any atom is 0.387 e. The second-order valence-electron chi connectivity index (χ2n) is 7.75. The van der Waals surface area contributed by atoms with Gasteiger partial charge in [0.05, 0.1) is 19.8 Å². The van der Waals surface area contributed by atoms with E-state index in [1.807, 2.05) is 0 Å². The maximum absolute atomic E-state index is 12.2. The van der Waals surface area contributed by atoms with E-state index in [0.29, 0.717) is 25.4 Å². The molecular formula is C21H31F2N3O3. The number of nitrogens with one attached hydrogen (secondary N) is 1. The summed E-state index contributed by atoms with van der Waals surface area (Å²) >= 11 is 0. The number of likely N-dealkylation sites (tertiary alicyclic amines) is 1. The van der Waals surface area contributed by atoms with E-state index in [1.54, 1.807) is 12.1 Å².